The lowest BCUT2D eigenvalue weighted by atomic mass is 10.2. The smallest absolute Gasteiger partial charge is 0.234 e. The van der Waals surface area contributed by atoms with Gasteiger partial charge >= 0.3 is 0 Å². The van der Waals surface area contributed by atoms with Crippen LogP contribution in [0.25, 0.3) is 0 Å². The summed E-state index contributed by atoms with van der Waals surface area (Å²) in [5, 5.41) is 5.64. The minimum Gasteiger partial charge on any atom is -0.325 e. The molecule has 0 saturated carbocycles. The summed E-state index contributed by atoms with van der Waals surface area (Å²) in [6.45, 7) is 1.39. The fraction of sp³-hybridized carbons (Fsp3) is 0.125. The molecule has 0 aliphatic rings. The lowest BCUT2D eigenvalue weighted by Gasteiger charge is -2.09. The molecule has 4 nitrogen and oxygen atoms in total. The first kappa shape index (κ1) is 17.3. The van der Waals surface area contributed by atoms with E-state index in [1.165, 1.54) is 30.8 Å². The summed E-state index contributed by atoms with van der Waals surface area (Å²) in [6, 6.07) is 10.8. The highest BCUT2D eigenvalue weighted by atomic mass is 35.5. The maximum absolute atomic E-state index is 12.8. The second kappa shape index (κ2) is 7.99. The molecule has 0 aromatic heterocycles. The van der Waals surface area contributed by atoms with Crippen molar-refractivity contribution in [3.8, 4) is 0 Å². The Kier molecular flexibility index (Phi) is 6.01. The summed E-state index contributed by atoms with van der Waals surface area (Å²) in [7, 11) is 0. The first-order valence-electron chi connectivity index (χ1n) is 6.69. The van der Waals surface area contributed by atoms with E-state index in [9.17, 15) is 14.0 Å². The standard InChI is InChI=1S/C16H14ClFN2O2S/c1-10(21)19-15-7-4-12(8-14(15)17)20-16(22)9-23-13-5-2-11(18)3-6-13/h2-8H,9H2,1H3,(H,19,21)(H,20,22). The van der Waals surface area contributed by atoms with Crippen molar-refractivity contribution in [2.24, 2.45) is 0 Å². The lowest BCUT2D eigenvalue weighted by Crippen LogP contribution is -2.14. The third kappa shape index (κ3) is 5.58. The van der Waals surface area contributed by atoms with E-state index in [1.807, 2.05) is 0 Å². The maximum Gasteiger partial charge on any atom is 0.234 e. The minimum atomic E-state index is -0.312. The van der Waals surface area contributed by atoms with Crippen LogP contribution in [0.4, 0.5) is 15.8 Å². The van der Waals surface area contributed by atoms with Crippen molar-refractivity contribution >= 4 is 46.6 Å². The first-order chi connectivity index (χ1) is 10.9. The second-order valence-corrected chi connectivity index (χ2v) is 6.12. The molecule has 0 saturated heterocycles. The number of halogens is 2. The summed E-state index contributed by atoms with van der Waals surface area (Å²) in [5.41, 5.74) is 1.02. The molecule has 0 spiro atoms. The van der Waals surface area contributed by atoms with Crippen molar-refractivity contribution < 1.29 is 14.0 Å². The normalized spacial score (nSPS) is 10.2. The van der Waals surface area contributed by atoms with E-state index < -0.39 is 0 Å². The summed E-state index contributed by atoms with van der Waals surface area (Å²) < 4.78 is 12.8. The summed E-state index contributed by atoms with van der Waals surface area (Å²) in [5.74, 6) is -0.550. The molecule has 0 aliphatic carbocycles. The van der Waals surface area contributed by atoms with E-state index in [0.717, 1.165) is 4.90 Å². The molecule has 2 N–H and O–H groups in total. The first-order valence-corrected chi connectivity index (χ1v) is 8.06. The molecule has 0 atom stereocenters. The number of benzene rings is 2. The van der Waals surface area contributed by atoms with Gasteiger partial charge in [-0.15, -0.1) is 11.8 Å². The summed E-state index contributed by atoms with van der Waals surface area (Å²) in [4.78, 5) is 23.7. The molecular formula is C16H14ClFN2O2S. The molecule has 120 valence electrons. The average molecular weight is 353 g/mol. The second-order valence-electron chi connectivity index (χ2n) is 4.67. The summed E-state index contributed by atoms with van der Waals surface area (Å²) in [6.07, 6.45) is 0. The van der Waals surface area contributed by atoms with E-state index in [0.29, 0.717) is 16.4 Å². The number of anilines is 2. The molecule has 0 bridgehead atoms. The number of carbonyl (C=O) groups is 2. The van der Waals surface area contributed by atoms with Gasteiger partial charge in [0.2, 0.25) is 11.8 Å². The van der Waals surface area contributed by atoms with Gasteiger partial charge in [0.1, 0.15) is 5.82 Å². The average Bonchev–Trinajstić information content (AvgIpc) is 2.49. The number of nitrogens with one attached hydrogen (secondary N) is 2. The molecule has 7 heteroatoms. The van der Waals surface area contributed by atoms with Gasteiger partial charge in [0, 0.05) is 17.5 Å². The topological polar surface area (TPSA) is 58.2 Å². The Hall–Kier alpha value is -2.05. The third-order valence-electron chi connectivity index (χ3n) is 2.75. The lowest BCUT2D eigenvalue weighted by molar-refractivity contribution is -0.114. The van der Waals surface area contributed by atoms with Crippen molar-refractivity contribution in [3.05, 3.63) is 53.3 Å². The number of thioether (sulfide) groups is 1. The van der Waals surface area contributed by atoms with Crippen molar-refractivity contribution in [1.29, 1.82) is 0 Å². The Labute approximate surface area is 142 Å². The predicted molar refractivity (Wildman–Crippen MR) is 91.5 cm³/mol. The van der Waals surface area contributed by atoms with Gasteiger partial charge in [-0.1, -0.05) is 11.6 Å². The fourth-order valence-electron chi connectivity index (χ4n) is 1.76. The molecular weight excluding hydrogens is 339 g/mol. The zero-order valence-electron chi connectivity index (χ0n) is 12.2. The van der Waals surface area contributed by atoms with E-state index in [2.05, 4.69) is 10.6 Å². The molecule has 2 rings (SSSR count). The molecule has 2 aromatic carbocycles. The highest BCUT2D eigenvalue weighted by Gasteiger charge is 2.07. The van der Waals surface area contributed by atoms with Crippen LogP contribution in [0.1, 0.15) is 6.92 Å². The Bertz CT molecular complexity index is 723. The molecule has 2 amide bonds. The van der Waals surface area contributed by atoms with Crippen LogP contribution in [0.2, 0.25) is 5.02 Å². The predicted octanol–water partition coefficient (Wildman–Crippen LogP) is 4.17. The number of carbonyl (C=O) groups excluding carboxylic acids is 2. The van der Waals surface area contributed by atoms with Gasteiger partial charge in [0.25, 0.3) is 0 Å². The largest absolute Gasteiger partial charge is 0.325 e. The molecule has 0 aliphatic heterocycles. The number of amides is 2. The zero-order valence-corrected chi connectivity index (χ0v) is 13.8. The SMILES string of the molecule is CC(=O)Nc1ccc(NC(=O)CSc2ccc(F)cc2)cc1Cl. The van der Waals surface area contributed by atoms with Gasteiger partial charge in [-0.05, 0) is 42.5 Å². The van der Waals surface area contributed by atoms with Crippen LogP contribution in [0.5, 0.6) is 0 Å². The Morgan fingerprint density at radius 3 is 2.43 bits per heavy atom. The van der Waals surface area contributed by atoms with Crippen LogP contribution in [0.15, 0.2) is 47.4 Å². The highest BCUT2D eigenvalue weighted by molar-refractivity contribution is 8.00. The number of hydrogen-bond donors (Lipinski definition) is 2. The highest BCUT2D eigenvalue weighted by Crippen LogP contribution is 2.26. The van der Waals surface area contributed by atoms with E-state index in [4.69, 9.17) is 11.6 Å². The van der Waals surface area contributed by atoms with Gasteiger partial charge in [0.15, 0.2) is 0 Å². The molecule has 0 heterocycles. The van der Waals surface area contributed by atoms with Gasteiger partial charge in [-0.2, -0.15) is 0 Å². The van der Waals surface area contributed by atoms with Crippen molar-refractivity contribution in [3.63, 3.8) is 0 Å². The summed E-state index contributed by atoms with van der Waals surface area (Å²) >= 11 is 7.34. The fourth-order valence-corrected chi connectivity index (χ4v) is 2.69. The van der Waals surface area contributed by atoms with E-state index >= 15 is 0 Å². The molecule has 2 aromatic rings. The van der Waals surface area contributed by atoms with Gasteiger partial charge in [-0.3, -0.25) is 9.59 Å². The van der Waals surface area contributed by atoms with Gasteiger partial charge in [-0.25, -0.2) is 4.39 Å². The molecule has 0 unspecified atom stereocenters. The Balaban J connectivity index is 1.91. The molecule has 0 radical (unpaired) electrons. The van der Waals surface area contributed by atoms with Crippen LogP contribution < -0.4 is 10.6 Å². The van der Waals surface area contributed by atoms with Crippen LogP contribution in [0, 0.1) is 5.82 Å². The van der Waals surface area contributed by atoms with Crippen LogP contribution in [0.3, 0.4) is 0 Å². The van der Waals surface area contributed by atoms with Crippen molar-refractivity contribution in [1.82, 2.24) is 0 Å². The maximum atomic E-state index is 12.8. The van der Waals surface area contributed by atoms with Crippen LogP contribution in [-0.2, 0) is 9.59 Å². The monoisotopic (exact) mass is 352 g/mol. The van der Waals surface area contributed by atoms with Crippen LogP contribution >= 0.6 is 23.4 Å². The molecule has 23 heavy (non-hydrogen) atoms. The van der Waals surface area contributed by atoms with Crippen molar-refractivity contribution in [2.75, 3.05) is 16.4 Å². The van der Waals surface area contributed by atoms with Crippen molar-refractivity contribution in [2.45, 2.75) is 11.8 Å². The van der Waals surface area contributed by atoms with Gasteiger partial charge in [0.05, 0.1) is 16.5 Å². The molecule has 0 fully saturated rings. The number of hydrogen-bond acceptors (Lipinski definition) is 3. The Morgan fingerprint density at radius 2 is 1.83 bits per heavy atom. The van der Waals surface area contributed by atoms with E-state index in [1.54, 1.807) is 30.3 Å². The van der Waals surface area contributed by atoms with Gasteiger partial charge < -0.3 is 10.6 Å². The minimum absolute atomic E-state index is 0.191. The number of rotatable bonds is 5. The Morgan fingerprint density at radius 1 is 1.13 bits per heavy atom. The third-order valence-corrected chi connectivity index (χ3v) is 4.07. The zero-order chi connectivity index (χ0) is 16.8. The quantitative estimate of drug-likeness (QED) is 0.794. The van der Waals surface area contributed by atoms with E-state index in [-0.39, 0.29) is 23.4 Å². The van der Waals surface area contributed by atoms with Crippen LogP contribution in [-0.4, -0.2) is 17.6 Å².